The first-order valence-corrected chi connectivity index (χ1v) is 19.0. The third kappa shape index (κ3) is 15.6. The van der Waals surface area contributed by atoms with Crippen LogP contribution in [-0.4, -0.2) is 30.6 Å². The fourth-order valence-corrected chi connectivity index (χ4v) is 6.10. The number of carbonyl (C=O) groups excluding carboxylic acids is 2. The van der Waals surface area contributed by atoms with Crippen molar-refractivity contribution >= 4 is 12.0 Å². The molecule has 0 spiro atoms. The van der Waals surface area contributed by atoms with Gasteiger partial charge in [-0.25, -0.2) is 14.3 Å². The summed E-state index contributed by atoms with van der Waals surface area (Å²) < 4.78 is 19.6. The van der Waals surface area contributed by atoms with Crippen LogP contribution >= 0.6 is 0 Å². The first kappa shape index (κ1) is 44.0. The van der Waals surface area contributed by atoms with Gasteiger partial charge in [-0.3, -0.25) is 4.79 Å². The number of hydrogen-bond donors (Lipinski definition) is 0. The standard InChI is InChI=1S/C43H63N2O5.HI/c1-7-9-10-11-12-13-14-15-16-17-18-21-31-49-40-25-24-36(32-38(40)43(3,4)5)34-50-42(47)45(33-35-26-29-44(28-8-2)30-27-35)41(46)37-22-19-20-23-39(37)48-6;/h19-20,22-27,29-30,32H,7-18,21,28,31,33-34H2,1-6H3;1H/q+1;/p-1. The Hall–Kier alpha value is -3.14. The van der Waals surface area contributed by atoms with Crippen molar-refractivity contribution in [1.82, 2.24) is 4.90 Å². The first-order valence-electron chi connectivity index (χ1n) is 19.0. The van der Waals surface area contributed by atoms with Crippen molar-refractivity contribution in [3.05, 3.63) is 89.2 Å². The molecule has 0 atom stereocenters. The molecule has 1 aromatic heterocycles. The Morgan fingerprint density at radius 1 is 0.725 bits per heavy atom. The van der Waals surface area contributed by atoms with E-state index in [4.69, 9.17) is 14.2 Å². The lowest BCUT2D eigenvalue weighted by molar-refractivity contribution is -0.697. The van der Waals surface area contributed by atoms with Gasteiger partial charge in [-0.1, -0.05) is 123 Å². The molecule has 0 aliphatic rings. The van der Waals surface area contributed by atoms with Crippen LogP contribution in [0.4, 0.5) is 4.79 Å². The molecule has 0 bridgehead atoms. The second-order valence-corrected chi connectivity index (χ2v) is 14.4. The van der Waals surface area contributed by atoms with E-state index in [-0.39, 0.29) is 42.5 Å². The summed E-state index contributed by atoms with van der Waals surface area (Å²) in [6.07, 6.45) is 20.0. The number of pyridine rings is 1. The number of nitrogens with zero attached hydrogens (tertiary/aromatic N) is 2. The average Bonchev–Trinajstić information content (AvgIpc) is 3.11. The van der Waals surface area contributed by atoms with E-state index >= 15 is 0 Å². The average molecular weight is 815 g/mol. The highest BCUT2D eigenvalue weighted by Crippen LogP contribution is 2.33. The van der Waals surface area contributed by atoms with Gasteiger partial charge in [0.05, 0.1) is 25.8 Å². The van der Waals surface area contributed by atoms with E-state index < -0.39 is 12.0 Å². The Kier molecular flexibility index (Phi) is 20.9. The third-order valence-electron chi connectivity index (χ3n) is 9.06. The molecule has 51 heavy (non-hydrogen) atoms. The zero-order chi connectivity index (χ0) is 36.2. The van der Waals surface area contributed by atoms with Crippen molar-refractivity contribution in [1.29, 1.82) is 0 Å². The maximum absolute atomic E-state index is 13.8. The molecular formula is C43H63IN2O5. The summed E-state index contributed by atoms with van der Waals surface area (Å²) in [6.45, 7) is 12.6. The number of amides is 2. The monoisotopic (exact) mass is 814 g/mol. The SMILES string of the molecule is CCCCCCCCCCCCCCOc1ccc(COC(=O)N(Cc2cc[n+](CCC)cc2)C(=O)c2ccccc2OC)cc1C(C)(C)C.[I-]. The number of hydrogen-bond acceptors (Lipinski definition) is 5. The summed E-state index contributed by atoms with van der Waals surface area (Å²) in [5, 5.41) is 0. The number of para-hydroxylation sites is 1. The van der Waals surface area contributed by atoms with Gasteiger partial charge in [-0.05, 0) is 52.8 Å². The van der Waals surface area contributed by atoms with Crippen molar-refractivity contribution < 1.29 is 52.3 Å². The number of benzene rings is 2. The molecule has 0 N–H and O–H groups in total. The maximum Gasteiger partial charge on any atom is 0.417 e. The smallest absolute Gasteiger partial charge is 0.417 e. The summed E-state index contributed by atoms with van der Waals surface area (Å²) in [6, 6.07) is 16.8. The number of aryl methyl sites for hydroxylation is 1. The highest BCUT2D eigenvalue weighted by molar-refractivity contribution is 6.04. The number of ether oxygens (including phenoxy) is 3. The van der Waals surface area contributed by atoms with Gasteiger partial charge in [0.1, 0.15) is 24.7 Å². The van der Waals surface area contributed by atoms with E-state index in [0.29, 0.717) is 17.9 Å². The minimum atomic E-state index is -0.712. The molecule has 0 saturated heterocycles. The van der Waals surface area contributed by atoms with Crippen LogP contribution in [0.2, 0.25) is 0 Å². The lowest BCUT2D eigenvalue weighted by atomic mass is 9.85. The van der Waals surface area contributed by atoms with E-state index in [1.165, 1.54) is 77.7 Å². The zero-order valence-corrected chi connectivity index (χ0v) is 34.3. The summed E-state index contributed by atoms with van der Waals surface area (Å²) in [7, 11) is 1.51. The molecule has 2 aromatic carbocycles. The molecule has 0 radical (unpaired) electrons. The predicted octanol–water partition coefficient (Wildman–Crippen LogP) is 7.75. The molecule has 1 heterocycles. The van der Waals surface area contributed by atoms with Crippen LogP contribution in [0.3, 0.4) is 0 Å². The molecular weight excluding hydrogens is 751 g/mol. The van der Waals surface area contributed by atoms with Crippen molar-refractivity contribution in [2.45, 2.75) is 143 Å². The quantitative estimate of drug-likeness (QED) is 0.0590. The van der Waals surface area contributed by atoms with Crippen LogP contribution in [-0.2, 0) is 29.8 Å². The van der Waals surface area contributed by atoms with Crippen LogP contribution in [0.5, 0.6) is 11.5 Å². The Bertz CT molecular complexity index is 1440. The van der Waals surface area contributed by atoms with Gasteiger partial charge in [0.25, 0.3) is 5.91 Å². The lowest BCUT2D eigenvalue weighted by Gasteiger charge is -2.24. The summed E-state index contributed by atoms with van der Waals surface area (Å²) in [5.41, 5.74) is 2.86. The van der Waals surface area contributed by atoms with E-state index in [1.807, 2.05) is 36.7 Å². The largest absolute Gasteiger partial charge is 1.00 e. The van der Waals surface area contributed by atoms with Crippen molar-refractivity contribution in [2.75, 3.05) is 13.7 Å². The predicted molar refractivity (Wildman–Crippen MR) is 202 cm³/mol. The van der Waals surface area contributed by atoms with Crippen LogP contribution in [0.25, 0.3) is 0 Å². The number of imide groups is 1. The molecule has 0 aliphatic carbocycles. The zero-order valence-electron chi connectivity index (χ0n) is 32.2. The van der Waals surface area contributed by atoms with Crippen LogP contribution in [0, 0.1) is 0 Å². The van der Waals surface area contributed by atoms with Gasteiger partial charge >= 0.3 is 6.09 Å². The number of unbranched alkanes of at least 4 members (excludes halogenated alkanes) is 11. The van der Waals surface area contributed by atoms with Gasteiger partial charge in [0.2, 0.25) is 0 Å². The van der Waals surface area contributed by atoms with Crippen molar-refractivity contribution in [3.63, 3.8) is 0 Å². The molecule has 0 unspecified atom stereocenters. The van der Waals surface area contributed by atoms with Gasteiger partial charge in [-0.2, -0.15) is 0 Å². The van der Waals surface area contributed by atoms with E-state index in [9.17, 15) is 9.59 Å². The number of carbonyl (C=O) groups is 2. The Morgan fingerprint density at radius 2 is 1.33 bits per heavy atom. The summed E-state index contributed by atoms with van der Waals surface area (Å²) in [4.78, 5) is 28.5. The van der Waals surface area contributed by atoms with Crippen LogP contribution in [0.15, 0.2) is 67.0 Å². The number of methoxy groups -OCH3 is 1. The minimum Gasteiger partial charge on any atom is -1.00 e. The normalized spacial score (nSPS) is 11.1. The molecule has 0 saturated carbocycles. The molecule has 3 rings (SSSR count). The molecule has 8 heteroatoms. The van der Waals surface area contributed by atoms with Gasteiger partial charge in [0, 0.05) is 18.6 Å². The topological polar surface area (TPSA) is 69.0 Å². The highest BCUT2D eigenvalue weighted by Gasteiger charge is 2.28. The highest BCUT2D eigenvalue weighted by atomic mass is 127. The fraction of sp³-hybridized carbons (Fsp3) is 0.558. The Labute approximate surface area is 325 Å². The Morgan fingerprint density at radius 3 is 1.92 bits per heavy atom. The minimum absolute atomic E-state index is 0. The molecule has 7 nitrogen and oxygen atoms in total. The van der Waals surface area contributed by atoms with Gasteiger partial charge < -0.3 is 38.2 Å². The summed E-state index contributed by atoms with van der Waals surface area (Å²) >= 11 is 0. The molecule has 282 valence electrons. The van der Waals surface area contributed by atoms with Crippen LogP contribution in [0.1, 0.15) is 145 Å². The summed E-state index contributed by atoms with van der Waals surface area (Å²) in [5.74, 6) is 0.792. The van der Waals surface area contributed by atoms with E-state index in [0.717, 1.165) is 46.7 Å². The van der Waals surface area contributed by atoms with E-state index in [2.05, 4.69) is 45.3 Å². The van der Waals surface area contributed by atoms with Crippen molar-refractivity contribution in [3.8, 4) is 11.5 Å². The van der Waals surface area contributed by atoms with Crippen molar-refractivity contribution in [2.24, 2.45) is 0 Å². The second kappa shape index (κ2) is 24.2. The second-order valence-electron chi connectivity index (χ2n) is 14.4. The van der Waals surface area contributed by atoms with Gasteiger partial charge in [0.15, 0.2) is 12.4 Å². The van der Waals surface area contributed by atoms with Crippen LogP contribution < -0.4 is 38.0 Å². The van der Waals surface area contributed by atoms with E-state index in [1.54, 1.807) is 24.3 Å². The molecule has 3 aromatic rings. The third-order valence-corrected chi connectivity index (χ3v) is 9.06. The maximum atomic E-state index is 13.8. The number of halogens is 1. The number of aromatic nitrogens is 1. The first-order chi connectivity index (χ1) is 24.2. The lowest BCUT2D eigenvalue weighted by Crippen LogP contribution is -3.00. The fourth-order valence-electron chi connectivity index (χ4n) is 6.10. The molecule has 2 amide bonds. The van der Waals surface area contributed by atoms with Gasteiger partial charge in [-0.15, -0.1) is 0 Å². The Balaban J connectivity index is 0.00000901. The molecule has 0 aliphatic heterocycles. The number of rotatable bonds is 22. The molecule has 0 fully saturated rings.